The summed E-state index contributed by atoms with van der Waals surface area (Å²) in [5.74, 6) is 0.917. The van der Waals surface area contributed by atoms with Gasteiger partial charge in [-0.15, -0.1) is 24.0 Å². The molecule has 0 unspecified atom stereocenters. The number of hydrogen-bond acceptors (Lipinski definition) is 1. The Kier molecular flexibility index (Phi) is 9.26. The van der Waals surface area contributed by atoms with Gasteiger partial charge in [-0.1, -0.05) is 24.9 Å². The predicted octanol–water partition coefficient (Wildman–Crippen LogP) is 3.10. The van der Waals surface area contributed by atoms with Crippen molar-refractivity contribution in [2.45, 2.75) is 26.3 Å². The van der Waals surface area contributed by atoms with Crippen molar-refractivity contribution < 1.29 is 0 Å². The molecule has 1 heterocycles. The molecule has 0 aliphatic rings. The fourth-order valence-electron chi connectivity index (χ4n) is 1.80. The van der Waals surface area contributed by atoms with Crippen LogP contribution >= 0.6 is 35.6 Å². The number of guanidine groups is 1. The van der Waals surface area contributed by atoms with Crippen LogP contribution in [0.2, 0.25) is 5.02 Å². The standard InChI is InChI=1S/C13H23ClN4.HI/c1-5-6-7-16-13(15-2)18(4)10-12-8-11(14)9-17(12)3;/h8-9H,5-7,10H2,1-4H3,(H,15,16);1H. The average molecular weight is 399 g/mol. The minimum Gasteiger partial charge on any atom is -0.356 e. The minimum atomic E-state index is 0. The Morgan fingerprint density at radius 2 is 2.21 bits per heavy atom. The molecular weight excluding hydrogens is 375 g/mol. The van der Waals surface area contributed by atoms with Gasteiger partial charge in [-0.3, -0.25) is 4.99 Å². The average Bonchev–Trinajstić information content (AvgIpc) is 2.63. The zero-order valence-corrected chi connectivity index (χ0v) is 15.2. The number of aliphatic imine (C=N–C) groups is 1. The van der Waals surface area contributed by atoms with E-state index in [1.54, 1.807) is 0 Å². The summed E-state index contributed by atoms with van der Waals surface area (Å²) in [5.41, 5.74) is 1.17. The number of nitrogens with zero attached hydrogens (tertiary/aromatic N) is 3. The van der Waals surface area contributed by atoms with E-state index in [2.05, 4.69) is 22.1 Å². The topological polar surface area (TPSA) is 32.6 Å². The van der Waals surface area contributed by atoms with E-state index < -0.39 is 0 Å². The van der Waals surface area contributed by atoms with Gasteiger partial charge in [-0.25, -0.2) is 0 Å². The van der Waals surface area contributed by atoms with Crippen molar-refractivity contribution >= 4 is 41.5 Å². The largest absolute Gasteiger partial charge is 0.356 e. The molecular formula is C13H24ClIN4. The lowest BCUT2D eigenvalue weighted by molar-refractivity contribution is 0.461. The van der Waals surface area contributed by atoms with E-state index in [1.807, 2.05) is 38.0 Å². The van der Waals surface area contributed by atoms with Crippen LogP contribution in [0.1, 0.15) is 25.5 Å². The van der Waals surface area contributed by atoms with Crippen LogP contribution < -0.4 is 5.32 Å². The summed E-state index contributed by atoms with van der Waals surface area (Å²) in [7, 11) is 5.84. The molecule has 4 nitrogen and oxygen atoms in total. The first-order valence-electron chi connectivity index (χ1n) is 6.31. The number of hydrogen-bond donors (Lipinski definition) is 1. The first-order valence-corrected chi connectivity index (χ1v) is 6.68. The maximum absolute atomic E-state index is 5.98. The molecule has 0 saturated heterocycles. The summed E-state index contributed by atoms with van der Waals surface area (Å²) in [6.45, 7) is 3.93. The number of nitrogens with one attached hydrogen (secondary N) is 1. The van der Waals surface area contributed by atoms with Crippen molar-refractivity contribution in [1.29, 1.82) is 0 Å². The van der Waals surface area contributed by atoms with E-state index in [-0.39, 0.29) is 24.0 Å². The van der Waals surface area contributed by atoms with Crippen LogP contribution in [0.3, 0.4) is 0 Å². The maximum Gasteiger partial charge on any atom is 0.193 e. The first kappa shape index (κ1) is 18.6. The van der Waals surface area contributed by atoms with Crippen LogP contribution in [0.25, 0.3) is 0 Å². The van der Waals surface area contributed by atoms with Gasteiger partial charge in [0, 0.05) is 39.6 Å². The third-order valence-corrected chi connectivity index (χ3v) is 3.07. The lowest BCUT2D eigenvalue weighted by Gasteiger charge is -2.22. The molecule has 0 bridgehead atoms. The second kappa shape index (κ2) is 9.47. The van der Waals surface area contributed by atoms with Crippen molar-refractivity contribution in [2.24, 2.45) is 12.0 Å². The highest BCUT2D eigenvalue weighted by Gasteiger charge is 2.09. The Balaban J connectivity index is 0.00000324. The molecule has 0 spiro atoms. The molecule has 1 aromatic heterocycles. The molecule has 0 aromatic carbocycles. The maximum atomic E-state index is 5.98. The smallest absolute Gasteiger partial charge is 0.193 e. The Hall–Kier alpha value is -0.430. The van der Waals surface area contributed by atoms with E-state index in [9.17, 15) is 0 Å². The van der Waals surface area contributed by atoms with Gasteiger partial charge < -0.3 is 14.8 Å². The van der Waals surface area contributed by atoms with Gasteiger partial charge in [0.1, 0.15) is 0 Å². The van der Waals surface area contributed by atoms with Crippen LogP contribution in [-0.4, -0.2) is 36.1 Å². The molecule has 0 aliphatic heterocycles. The molecule has 0 aliphatic carbocycles. The minimum absolute atomic E-state index is 0. The molecule has 6 heteroatoms. The highest BCUT2D eigenvalue weighted by atomic mass is 127. The Morgan fingerprint density at radius 1 is 1.53 bits per heavy atom. The third-order valence-electron chi connectivity index (χ3n) is 2.86. The van der Waals surface area contributed by atoms with Crippen LogP contribution in [0.4, 0.5) is 0 Å². The normalized spacial score (nSPS) is 11.1. The number of aromatic nitrogens is 1. The highest BCUT2D eigenvalue weighted by Crippen LogP contribution is 2.14. The lowest BCUT2D eigenvalue weighted by Crippen LogP contribution is -2.39. The molecule has 1 N–H and O–H groups in total. The second-order valence-corrected chi connectivity index (χ2v) is 4.88. The fourth-order valence-corrected chi connectivity index (χ4v) is 2.08. The molecule has 0 fully saturated rings. The fraction of sp³-hybridized carbons (Fsp3) is 0.615. The van der Waals surface area contributed by atoms with Crippen molar-refractivity contribution in [3.05, 3.63) is 23.0 Å². The van der Waals surface area contributed by atoms with E-state index in [0.29, 0.717) is 0 Å². The van der Waals surface area contributed by atoms with Crippen LogP contribution in [0.5, 0.6) is 0 Å². The highest BCUT2D eigenvalue weighted by molar-refractivity contribution is 14.0. The predicted molar refractivity (Wildman–Crippen MR) is 93.6 cm³/mol. The van der Waals surface area contributed by atoms with Gasteiger partial charge in [0.2, 0.25) is 0 Å². The summed E-state index contributed by atoms with van der Waals surface area (Å²) in [4.78, 5) is 6.38. The molecule has 0 atom stereocenters. The third kappa shape index (κ3) is 6.03. The molecule has 0 radical (unpaired) electrons. The van der Waals surface area contributed by atoms with Gasteiger partial charge in [0.15, 0.2) is 5.96 Å². The molecule has 0 amide bonds. The van der Waals surface area contributed by atoms with E-state index in [0.717, 1.165) is 30.5 Å². The SMILES string of the molecule is CCCCNC(=NC)N(C)Cc1cc(Cl)cn1C.I. The quantitative estimate of drug-likeness (QED) is 0.358. The number of rotatable bonds is 5. The summed E-state index contributed by atoms with van der Waals surface area (Å²) in [6, 6.07) is 1.98. The molecule has 110 valence electrons. The van der Waals surface area contributed by atoms with Gasteiger partial charge >= 0.3 is 0 Å². The molecule has 19 heavy (non-hydrogen) atoms. The monoisotopic (exact) mass is 398 g/mol. The van der Waals surface area contributed by atoms with E-state index in [1.165, 1.54) is 12.1 Å². The second-order valence-electron chi connectivity index (χ2n) is 4.44. The van der Waals surface area contributed by atoms with Gasteiger partial charge in [-0.2, -0.15) is 0 Å². The molecule has 1 rings (SSSR count). The first-order chi connectivity index (χ1) is 8.58. The van der Waals surface area contributed by atoms with Crippen LogP contribution in [-0.2, 0) is 13.6 Å². The van der Waals surface area contributed by atoms with Crippen molar-refractivity contribution in [3.63, 3.8) is 0 Å². The Morgan fingerprint density at radius 3 is 2.68 bits per heavy atom. The van der Waals surface area contributed by atoms with Gasteiger partial charge in [0.05, 0.1) is 11.6 Å². The van der Waals surface area contributed by atoms with E-state index >= 15 is 0 Å². The van der Waals surface area contributed by atoms with Gasteiger partial charge in [-0.05, 0) is 12.5 Å². The van der Waals surface area contributed by atoms with Crippen LogP contribution in [0, 0.1) is 0 Å². The molecule has 0 saturated carbocycles. The van der Waals surface area contributed by atoms with Crippen LogP contribution in [0.15, 0.2) is 17.3 Å². The number of aryl methyl sites for hydroxylation is 1. The molecule has 1 aromatic rings. The van der Waals surface area contributed by atoms with Gasteiger partial charge in [0.25, 0.3) is 0 Å². The number of unbranched alkanes of at least 4 members (excludes halogenated alkanes) is 1. The summed E-state index contributed by atoms with van der Waals surface area (Å²) in [5, 5.41) is 4.12. The van der Waals surface area contributed by atoms with E-state index in [4.69, 9.17) is 11.6 Å². The zero-order chi connectivity index (χ0) is 13.5. The summed E-state index contributed by atoms with van der Waals surface area (Å²) in [6.07, 6.45) is 4.25. The summed E-state index contributed by atoms with van der Waals surface area (Å²) < 4.78 is 2.04. The summed E-state index contributed by atoms with van der Waals surface area (Å²) >= 11 is 5.98. The lowest BCUT2D eigenvalue weighted by atomic mass is 10.3. The number of halogens is 2. The van der Waals surface area contributed by atoms with Crippen molar-refractivity contribution in [3.8, 4) is 0 Å². The zero-order valence-electron chi connectivity index (χ0n) is 12.1. The van der Waals surface area contributed by atoms with Crippen molar-refractivity contribution in [1.82, 2.24) is 14.8 Å². The Bertz CT molecular complexity index is 403. The Labute approximate surface area is 138 Å². The van der Waals surface area contributed by atoms with Crippen molar-refractivity contribution in [2.75, 3.05) is 20.6 Å².